The van der Waals surface area contributed by atoms with E-state index in [0.717, 1.165) is 35.4 Å². The van der Waals surface area contributed by atoms with Gasteiger partial charge in [-0.2, -0.15) is 5.10 Å². The van der Waals surface area contributed by atoms with Crippen molar-refractivity contribution in [2.24, 2.45) is 16.9 Å². The number of nitrogens with zero attached hydrogens (tertiary/aromatic N) is 3. The van der Waals surface area contributed by atoms with Crippen molar-refractivity contribution in [3.8, 4) is 0 Å². The molecule has 2 aromatic carbocycles. The minimum Gasteiger partial charge on any atom is -0.478 e. The van der Waals surface area contributed by atoms with Crippen molar-refractivity contribution >= 4 is 34.7 Å². The second kappa shape index (κ2) is 7.45. The molecule has 1 aliphatic heterocycles. The summed E-state index contributed by atoms with van der Waals surface area (Å²) in [7, 11) is 0. The van der Waals surface area contributed by atoms with Gasteiger partial charge >= 0.3 is 5.97 Å². The number of halogens is 1. The van der Waals surface area contributed by atoms with Gasteiger partial charge in [-0.15, -0.1) is 0 Å². The van der Waals surface area contributed by atoms with Gasteiger partial charge in [0.1, 0.15) is 0 Å². The number of hydrogen-bond donors (Lipinski definition) is 1. The minimum atomic E-state index is -0.895. The van der Waals surface area contributed by atoms with Crippen LogP contribution in [0.4, 0.5) is 11.4 Å². The predicted octanol–water partition coefficient (Wildman–Crippen LogP) is 5.93. The molecule has 2 atom stereocenters. The molecule has 0 aromatic heterocycles. The average molecular weight is 420 g/mol. The first kappa shape index (κ1) is 19.1. The summed E-state index contributed by atoms with van der Waals surface area (Å²) < 4.78 is 0. The Bertz CT molecular complexity index is 1100. The Hall–Kier alpha value is -2.84. The quantitative estimate of drug-likeness (QED) is 0.627. The number of hydrazone groups is 1. The molecule has 1 N–H and O–H groups in total. The maximum Gasteiger partial charge on any atom is 0.335 e. The third-order valence-corrected chi connectivity index (χ3v) is 7.12. The average Bonchev–Trinajstić information content (AvgIpc) is 3.40. The topological polar surface area (TPSA) is 57.3 Å². The smallest absolute Gasteiger partial charge is 0.335 e. The lowest BCUT2D eigenvalue weighted by Crippen LogP contribution is -2.40. The number of rotatable bonds is 3. The molecule has 5 nitrogen and oxygen atoms in total. The van der Waals surface area contributed by atoms with Crippen molar-refractivity contribution < 1.29 is 9.90 Å². The number of aromatic carboxylic acids is 1. The fourth-order valence-corrected chi connectivity index (χ4v) is 5.65. The highest BCUT2D eigenvalue weighted by Gasteiger charge is 2.45. The Balaban J connectivity index is 1.59. The van der Waals surface area contributed by atoms with Crippen LogP contribution in [0.5, 0.6) is 0 Å². The zero-order valence-corrected chi connectivity index (χ0v) is 17.3. The SMILES string of the molecule is [C-]#[N+]c1ccc(N2N=C3c4ccc(C(=O)O)cc4CCC3C2C2CCCC2)cc1Cl. The van der Waals surface area contributed by atoms with Crippen LogP contribution >= 0.6 is 11.6 Å². The second-order valence-electron chi connectivity index (χ2n) is 8.43. The number of carboxylic acid groups (broad SMARTS) is 1. The lowest BCUT2D eigenvalue weighted by Gasteiger charge is -2.34. The number of benzene rings is 2. The molecule has 6 heteroatoms. The first-order valence-electron chi connectivity index (χ1n) is 10.5. The largest absolute Gasteiger partial charge is 0.478 e. The van der Waals surface area contributed by atoms with Crippen molar-refractivity contribution in [1.82, 2.24) is 0 Å². The maximum absolute atomic E-state index is 11.4. The van der Waals surface area contributed by atoms with Crippen LogP contribution in [0, 0.1) is 18.4 Å². The van der Waals surface area contributed by atoms with Crippen molar-refractivity contribution in [3.05, 3.63) is 69.5 Å². The third kappa shape index (κ3) is 3.07. The molecule has 30 heavy (non-hydrogen) atoms. The molecular formula is C24H22ClN3O2. The first-order valence-corrected chi connectivity index (χ1v) is 10.9. The van der Waals surface area contributed by atoms with Crippen molar-refractivity contribution in [1.29, 1.82) is 0 Å². The fraction of sp³-hybridized carbons (Fsp3) is 0.375. The van der Waals surface area contributed by atoms with E-state index in [-0.39, 0.29) is 6.04 Å². The van der Waals surface area contributed by atoms with Crippen LogP contribution in [-0.2, 0) is 6.42 Å². The monoisotopic (exact) mass is 419 g/mol. The van der Waals surface area contributed by atoms with E-state index in [2.05, 4.69) is 9.85 Å². The lowest BCUT2D eigenvalue weighted by atomic mass is 9.75. The highest BCUT2D eigenvalue weighted by molar-refractivity contribution is 6.33. The summed E-state index contributed by atoms with van der Waals surface area (Å²) in [4.78, 5) is 14.9. The summed E-state index contributed by atoms with van der Waals surface area (Å²) >= 11 is 6.35. The predicted molar refractivity (Wildman–Crippen MR) is 118 cm³/mol. The molecule has 0 saturated heterocycles. The molecule has 2 aromatic rings. The molecule has 3 aliphatic rings. The summed E-state index contributed by atoms with van der Waals surface area (Å²) in [6.45, 7) is 7.26. The lowest BCUT2D eigenvalue weighted by molar-refractivity contribution is 0.0696. The van der Waals surface area contributed by atoms with E-state index in [0.29, 0.717) is 28.1 Å². The van der Waals surface area contributed by atoms with Crippen LogP contribution < -0.4 is 5.01 Å². The Morgan fingerprint density at radius 1 is 1.17 bits per heavy atom. The van der Waals surface area contributed by atoms with Crippen molar-refractivity contribution in [3.63, 3.8) is 0 Å². The Morgan fingerprint density at radius 2 is 1.97 bits per heavy atom. The highest BCUT2D eigenvalue weighted by Crippen LogP contribution is 2.45. The van der Waals surface area contributed by atoms with Gasteiger partial charge < -0.3 is 5.11 Å². The molecule has 1 saturated carbocycles. The van der Waals surface area contributed by atoms with E-state index in [1.807, 2.05) is 18.2 Å². The van der Waals surface area contributed by atoms with Gasteiger partial charge in [-0.25, -0.2) is 9.64 Å². The van der Waals surface area contributed by atoms with Crippen LogP contribution in [0.2, 0.25) is 5.02 Å². The number of anilines is 1. The molecule has 2 unspecified atom stereocenters. The minimum absolute atomic E-state index is 0.282. The van der Waals surface area contributed by atoms with E-state index < -0.39 is 5.97 Å². The third-order valence-electron chi connectivity index (χ3n) is 6.81. The number of fused-ring (bicyclic) bond motifs is 3. The van der Waals surface area contributed by atoms with E-state index in [9.17, 15) is 9.90 Å². The summed E-state index contributed by atoms with van der Waals surface area (Å²) in [6.07, 6.45) is 6.77. The van der Waals surface area contributed by atoms with Crippen LogP contribution in [0.15, 0.2) is 41.5 Å². The number of hydrogen-bond acceptors (Lipinski definition) is 3. The zero-order chi connectivity index (χ0) is 20.8. The van der Waals surface area contributed by atoms with Gasteiger partial charge in [-0.05, 0) is 61.4 Å². The Morgan fingerprint density at radius 3 is 2.67 bits per heavy atom. The molecule has 2 aliphatic carbocycles. The number of carboxylic acids is 1. The van der Waals surface area contributed by atoms with Crippen LogP contribution in [0.3, 0.4) is 0 Å². The first-order chi connectivity index (χ1) is 14.6. The summed E-state index contributed by atoms with van der Waals surface area (Å²) in [5.74, 6) is 0.0132. The van der Waals surface area contributed by atoms with Crippen molar-refractivity contribution in [2.45, 2.75) is 44.6 Å². The summed E-state index contributed by atoms with van der Waals surface area (Å²) in [6, 6.07) is 11.2. The van der Waals surface area contributed by atoms with Gasteiger partial charge in [-0.1, -0.05) is 36.6 Å². The van der Waals surface area contributed by atoms with Crippen molar-refractivity contribution in [2.75, 3.05) is 5.01 Å². The normalized spacial score (nSPS) is 22.9. The fourth-order valence-electron chi connectivity index (χ4n) is 5.43. The van der Waals surface area contributed by atoms with Gasteiger partial charge in [0, 0.05) is 16.5 Å². The van der Waals surface area contributed by atoms with Gasteiger partial charge in [0.05, 0.1) is 29.6 Å². The Labute approximate surface area is 180 Å². The maximum atomic E-state index is 11.4. The van der Waals surface area contributed by atoms with Gasteiger partial charge in [0.15, 0.2) is 0 Å². The molecule has 1 heterocycles. The molecule has 0 radical (unpaired) electrons. The van der Waals surface area contributed by atoms with E-state index >= 15 is 0 Å². The van der Waals surface area contributed by atoms with Crippen LogP contribution in [0.25, 0.3) is 4.85 Å². The molecule has 152 valence electrons. The summed E-state index contributed by atoms with van der Waals surface area (Å²) in [5.41, 5.74) is 4.92. The highest BCUT2D eigenvalue weighted by atomic mass is 35.5. The zero-order valence-electron chi connectivity index (χ0n) is 16.5. The standard InChI is InChI=1S/C24H22ClN3O2/c1-26-21-11-8-17(13-20(21)25)28-23(14-4-2-3-5-14)19-10-6-15-12-16(24(29)30)7-9-18(15)22(19)27-28/h7-9,11-14,19,23H,2-6,10H2,(H,29,30). The molecule has 0 spiro atoms. The molecular weight excluding hydrogens is 398 g/mol. The van der Waals surface area contributed by atoms with E-state index in [1.54, 1.807) is 18.2 Å². The van der Waals surface area contributed by atoms with Gasteiger partial charge in [-0.3, -0.25) is 5.01 Å². The van der Waals surface area contributed by atoms with E-state index in [4.69, 9.17) is 23.3 Å². The van der Waals surface area contributed by atoms with Gasteiger partial charge in [0.25, 0.3) is 0 Å². The van der Waals surface area contributed by atoms with Crippen LogP contribution in [0.1, 0.15) is 53.6 Å². The number of carbonyl (C=O) groups is 1. The number of aryl methyl sites for hydroxylation is 1. The van der Waals surface area contributed by atoms with Gasteiger partial charge in [0.2, 0.25) is 5.69 Å². The second-order valence-corrected chi connectivity index (χ2v) is 8.84. The van der Waals surface area contributed by atoms with Crippen LogP contribution in [-0.4, -0.2) is 22.8 Å². The molecule has 5 rings (SSSR count). The molecule has 0 bridgehead atoms. The Kier molecular flexibility index (Phi) is 4.75. The molecule has 0 amide bonds. The summed E-state index contributed by atoms with van der Waals surface area (Å²) in [5, 5.41) is 17.0. The van der Waals surface area contributed by atoms with E-state index in [1.165, 1.54) is 25.7 Å². The molecule has 1 fully saturated rings.